The van der Waals surface area contributed by atoms with Crippen LogP contribution in [-0.2, 0) is 17.5 Å². The molecule has 7 heteroatoms. The Morgan fingerprint density at radius 1 is 1.12 bits per heavy atom. The fraction of sp³-hybridized carbons (Fsp3) is 0.235. The highest BCUT2D eigenvalue weighted by Crippen LogP contribution is 2.30. The summed E-state index contributed by atoms with van der Waals surface area (Å²) in [6.45, 7) is 0.213. The lowest BCUT2D eigenvalue weighted by Crippen LogP contribution is -2.29. The molecule has 1 amide bonds. The number of methoxy groups -OCH3 is 1. The second-order valence-corrected chi connectivity index (χ2v) is 5.06. The van der Waals surface area contributed by atoms with Crippen molar-refractivity contribution in [2.45, 2.75) is 12.7 Å². The van der Waals surface area contributed by atoms with Crippen LogP contribution >= 0.6 is 0 Å². The summed E-state index contributed by atoms with van der Waals surface area (Å²) < 4.78 is 42.9. The molecule has 128 valence electrons. The number of alkyl halides is 3. The van der Waals surface area contributed by atoms with Gasteiger partial charge in [-0.15, -0.1) is 0 Å². The van der Waals surface area contributed by atoms with E-state index in [1.165, 1.54) is 12.1 Å². The van der Waals surface area contributed by atoms with E-state index in [9.17, 15) is 18.0 Å². The average molecular weight is 338 g/mol. The van der Waals surface area contributed by atoms with Crippen LogP contribution in [0.25, 0.3) is 0 Å². The molecule has 0 saturated heterocycles. The van der Waals surface area contributed by atoms with Gasteiger partial charge in [-0.25, -0.2) is 0 Å². The quantitative estimate of drug-likeness (QED) is 0.848. The highest BCUT2D eigenvalue weighted by Gasteiger charge is 2.30. The molecule has 2 aromatic carbocycles. The van der Waals surface area contributed by atoms with Crippen LogP contribution in [0.2, 0.25) is 0 Å². The molecule has 0 fully saturated rings. The van der Waals surface area contributed by atoms with Crippen LogP contribution in [-0.4, -0.2) is 19.6 Å². The topological polar surface area (TPSA) is 50.4 Å². The first-order chi connectivity index (χ1) is 11.4. The van der Waals surface area contributed by atoms with E-state index in [1.54, 1.807) is 19.2 Å². The van der Waals surface area contributed by atoms with Crippen molar-refractivity contribution in [3.63, 3.8) is 0 Å². The van der Waals surface area contributed by atoms with Crippen LogP contribution in [0.5, 0.6) is 5.75 Å². The first kappa shape index (κ1) is 17.7. The van der Waals surface area contributed by atoms with E-state index in [2.05, 4.69) is 10.6 Å². The van der Waals surface area contributed by atoms with Crippen LogP contribution in [0.3, 0.4) is 0 Å². The predicted octanol–water partition coefficient (Wildman–Crippen LogP) is 3.44. The van der Waals surface area contributed by atoms with Gasteiger partial charge in [-0.1, -0.05) is 18.2 Å². The van der Waals surface area contributed by atoms with E-state index < -0.39 is 11.7 Å². The fourth-order valence-corrected chi connectivity index (χ4v) is 1.99. The zero-order chi connectivity index (χ0) is 17.6. The third-order valence-electron chi connectivity index (χ3n) is 3.29. The molecule has 2 aromatic rings. The minimum Gasteiger partial charge on any atom is -0.497 e. The van der Waals surface area contributed by atoms with E-state index in [1.807, 2.05) is 12.1 Å². The van der Waals surface area contributed by atoms with Gasteiger partial charge in [-0.3, -0.25) is 4.79 Å². The molecule has 0 aliphatic carbocycles. The second kappa shape index (κ2) is 7.72. The van der Waals surface area contributed by atoms with E-state index in [0.29, 0.717) is 6.54 Å². The summed E-state index contributed by atoms with van der Waals surface area (Å²) in [5.74, 6) is 0.402. The average Bonchev–Trinajstić information content (AvgIpc) is 2.58. The maximum Gasteiger partial charge on any atom is 0.416 e. The van der Waals surface area contributed by atoms with Crippen molar-refractivity contribution in [1.29, 1.82) is 0 Å². The number of benzene rings is 2. The lowest BCUT2D eigenvalue weighted by Gasteiger charge is -2.11. The normalized spacial score (nSPS) is 11.0. The molecule has 24 heavy (non-hydrogen) atoms. The summed E-state index contributed by atoms with van der Waals surface area (Å²) in [7, 11) is 1.57. The van der Waals surface area contributed by atoms with E-state index in [4.69, 9.17) is 4.74 Å². The van der Waals surface area contributed by atoms with E-state index in [-0.39, 0.29) is 18.1 Å². The number of hydrogen-bond donors (Lipinski definition) is 2. The van der Waals surface area contributed by atoms with Crippen LogP contribution < -0.4 is 15.4 Å². The van der Waals surface area contributed by atoms with E-state index in [0.717, 1.165) is 23.4 Å². The molecule has 2 rings (SSSR count). The number of carbonyl (C=O) groups is 1. The summed E-state index contributed by atoms with van der Waals surface area (Å²) in [4.78, 5) is 11.8. The Bertz CT molecular complexity index is 685. The Balaban J connectivity index is 1.82. The smallest absolute Gasteiger partial charge is 0.416 e. The van der Waals surface area contributed by atoms with Gasteiger partial charge in [-0.2, -0.15) is 13.2 Å². The lowest BCUT2D eigenvalue weighted by molar-refractivity contribution is -0.137. The molecule has 0 heterocycles. The zero-order valence-electron chi connectivity index (χ0n) is 13.0. The van der Waals surface area contributed by atoms with Gasteiger partial charge in [0.15, 0.2) is 0 Å². The number of nitrogens with one attached hydrogen (secondary N) is 2. The number of carbonyl (C=O) groups excluding carboxylic acids is 1. The molecule has 0 spiro atoms. The third kappa shape index (κ3) is 5.19. The highest BCUT2D eigenvalue weighted by molar-refractivity contribution is 5.80. The van der Waals surface area contributed by atoms with Crippen LogP contribution in [0.15, 0.2) is 48.5 Å². The van der Waals surface area contributed by atoms with Crippen LogP contribution in [0.4, 0.5) is 18.9 Å². The van der Waals surface area contributed by atoms with Crippen molar-refractivity contribution in [3.8, 4) is 5.75 Å². The molecule has 0 aliphatic rings. The van der Waals surface area contributed by atoms with Gasteiger partial charge in [0.25, 0.3) is 0 Å². The Morgan fingerprint density at radius 2 is 1.83 bits per heavy atom. The van der Waals surface area contributed by atoms with E-state index >= 15 is 0 Å². The highest BCUT2D eigenvalue weighted by atomic mass is 19.4. The fourth-order valence-electron chi connectivity index (χ4n) is 1.99. The van der Waals surface area contributed by atoms with Gasteiger partial charge >= 0.3 is 6.18 Å². The molecule has 0 aromatic heterocycles. The first-order valence-electron chi connectivity index (χ1n) is 7.19. The van der Waals surface area contributed by atoms with Gasteiger partial charge in [0, 0.05) is 12.2 Å². The molecule has 0 aliphatic heterocycles. The Hall–Kier alpha value is -2.70. The first-order valence-corrected chi connectivity index (χ1v) is 7.19. The van der Waals surface area contributed by atoms with Crippen molar-refractivity contribution in [3.05, 3.63) is 59.7 Å². The molecular formula is C17H17F3N2O2. The summed E-state index contributed by atoms with van der Waals surface area (Å²) in [6.07, 6.45) is -4.41. The summed E-state index contributed by atoms with van der Waals surface area (Å²) in [5, 5.41) is 5.37. The summed E-state index contributed by atoms with van der Waals surface area (Å²) >= 11 is 0. The van der Waals surface area contributed by atoms with Crippen LogP contribution in [0, 0.1) is 0 Å². The van der Waals surface area contributed by atoms with Gasteiger partial charge in [0.05, 0.1) is 19.2 Å². The molecular weight excluding hydrogens is 321 g/mol. The maximum atomic E-state index is 12.6. The van der Waals surface area contributed by atoms with Crippen molar-refractivity contribution in [2.75, 3.05) is 19.0 Å². The van der Waals surface area contributed by atoms with Crippen molar-refractivity contribution < 1.29 is 22.7 Å². The molecule has 0 saturated carbocycles. The van der Waals surface area contributed by atoms with Gasteiger partial charge in [0.2, 0.25) is 5.91 Å². The second-order valence-electron chi connectivity index (χ2n) is 5.06. The molecule has 0 bridgehead atoms. The lowest BCUT2D eigenvalue weighted by atomic mass is 10.2. The minimum absolute atomic E-state index is 0.114. The van der Waals surface area contributed by atoms with Crippen molar-refractivity contribution in [1.82, 2.24) is 5.32 Å². The molecule has 2 N–H and O–H groups in total. The van der Waals surface area contributed by atoms with Gasteiger partial charge in [-0.05, 0) is 35.9 Å². The largest absolute Gasteiger partial charge is 0.497 e. The Morgan fingerprint density at radius 3 is 2.46 bits per heavy atom. The van der Waals surface area contributed by atoms with Crippen LogP contribution in [0.1, 0.15) is 11.1 Å². The number of ether oxygens (including phenoxy) is 1. The molecule has 0 atom stereocenters. The Labute approximate surface area is 137 Å². The number of rotatable bonds is 6. The van der Waals surface area contributed by atoms with Gasteiger partial charge in [0.1, 0.15) is 5.75 Å². The van der Waals surface area contributed by atoms with Gasteiger partial charge < -0.3 is 15.4 Å². The standard InChI is InChI=1S/C17H17F3N2O2/c1-24-15-7-5-12(6-8-15)10-22-16(23)11-21-14-4-2-3-13(9-14)17(18,19)20/h2-9,21H,10-11H2,1H3,(H,22,23). The predicted molar refractivity (Wildman–Crippen MR) is 84.8 cm³/mol. The summed E-state index contributed by atoms with van der Waals surface area (Å²) in [6, 6.07) is 11.9. The maximum absolute atomic E-state index is 12.6. The molecule has 4 nitrogen and oxygen atoms in total. The monoisotopic (exact) mass is 338 g/mol. The summed E-state index contributed by atoms with van der Waals surface area (Å²) in [5.41, 5.74) is 0.374. The SMILES string of the molecule is COc1ccc(CNC(=O)CNc2cccc(C(F)(F)F)c2)cc1. The number of hydrogen-bond acceptors (Lipinski definition) is 3. The molecule has 0 radical (unpaired) electrons. The number of halogens is 3. The Kier molecular flexibility index (Phi) is 5.68. The molecule has 0 unspecified atom stereocenters. The minimum atomic E-state index is -4.41. The van der Waals surface area contributed by atoms with Crippen molar-refractivity contribution >= 4 is 11.6 Å². The number of amides is 1. The number of anilines is 1. The third-order valence-corrected chi connectivity index (χ3v) is 3.29. The van der Waals surface area contributed by atoms with Crippen molar-refractivity contribution in [2.24, 2.45) is 0 Å². The zero-order valence-corrected chi connectivity index (χ0v) is 13.0.